The minimum Gasteiger partial charge on any atom is -0.495 e. The topological polar surface area (TPSA) is 178 Å². The number of halogens is 2. The van der Waals surface area contributed by atoms with Gasteiger partial charge in [0.05, 0.1) is 37.7 Å². The number of methoxy groups -OCH3 is 2. The van der Waals surface area contributed by atoms with Crippen LogP contribution < -0.4 is 40.1 Å². The zero-order valence-corrected chi connectivity index (χ0v) is 38.4. The number of hydrogen-bond donors (Lipinski definition) is 3. The highest BCUT2D eigenvalue weighted by Gasteiger charge is 2.33. The fourth-order valence-electron chi connectivity index (χ4n) is 9.16. The minimum absolute atomic E-state index is 0.0692. The second-order valence-corrected chi connectivity index (χ2v) is 17.8. The molecule has 4 aliphatic heterocycles. The first-order chi connectivity index (χ1) is 31.5. The van der Waals surface area contributed by atoms with E-state index in [2.05, 4.69) is 63.8 Å². The summed E-state index contributed by atoms with van der Waals surface area (Å²) in [4.78, 5) is 74.6. The molecule has 0 bridgehead atoms. The van der Waals surface area contributed by atoms with Crippen LogP contribution in [0.3, 0.4) is 0 Å². The number of hydrogen-bond acceptors (Lipinski definition) is 13. The van der Waals surface area contributed by atoms with Gasteiger partial charge in [0.1, 0.15) is 39.5 Å². The third kappa shape index (κ3) is 10.6. The molecule has 19 heteroatoms. The Hall–Kier alpha value is -5.91. The number of ether oxygens (including phenoxy) is 2. The van der Waals surface area contributed by atoms with E-state index in [-0.39, 0.29) is 45.3 Å². The molecule has 4 fully saturated rings. The van der Waals surface area contributed by atoms with Crippen LogP contribution in [0.2, 0.25) is 10.0 Å². The highest BCUT2D eigenvalue weighted by Crippen LogP contribution is 2.44. The normalized spacial score (nSPS) is 18.8. The number of carbonyl (C=O) groups excluding carboxylic acids is 4. The maximum Gasteiger partial charge on any atom is 0.327 e. The van der Waals surface area contributed by atoms with E-state index in [0.29, 0.717) is 55.0 Å². The molecule has 6 heterocycles. The first-order valence-corrected chi connectivity index (χ1v) is 22.9. The summed E-state index contributed by atoms with van der Waals surface area (Å²) in [5.41, 5.74) is 3.94. The monoisotopic (exact) mass is 927 g/mol. The molecule has 0 saturated carbocycles. The Morgan fingerprint density at radius 3 is 2.15 bits per heavy atom. The molecule has 0 aliphatic carbocycles. The highest BCUT2D eigenvalue weighted by molar-refractivity contribution is 6.41. The zero-order chi connectivity index (χ0) is 45.6. The predicted molar refractivity (Wildman–Crippen MR) is 251 cm³/mol. The molecular weight excluding hydrogens is 873 g/mol. The van der Waals surface area contributed by atoms with Crippen molar-refractivity contribution >= 4 is 81.3 Å². The molecule has 1 atom stereocenters. The van der Waals surface area contributed by atoms with Gasteiger partial charge in [-0.1, -0.05) is 23.2 Å². The van der Waals surface area contributed by atoms with E-state index in [1.54, 1.807) is 19.3 Å². The molecule has 4 aromatic rings. The van der Waals surface area contributed by atoms with Crippen LogP contribution in [-0.2, 0) is 14.4 Å². The van der Waals surface area contributed by atoms with Crippen LogP contribution >= 0.6 is 23.2 Å². The molecule has 2 aromatic carbocycles. The number of likely N-dealkylation sites (tertiary alicyclic amines) is 1. The number of nitrogens with zero attached hydrogens (tertiary/aromatic N) is 8. The molecule has 344 valence electrons. The third-order valence-corrected chi connectivity index (χ3v) is 13.8. The van der Waals surface area contributed by atoms with E-state index in [1.807, 2.05) is 23.2 Å². The molecular formula is C46H55Cl2N11O6. The molecule has 8 rings (SSSR count). The van der Waals surface area contributed by atoms with Crippen molar-refractivity contribution in [2.24, 2.45) is 11.8 Å². The number of piperazine rings is 1. The second kappa shape index (κ2) is 20.5. The maximum atomic E-state index is 13.7. The summed E-state index contributed by atoms with van der Waals surface area (Å²) < 4.78 is 10.6. The molecule has 3 N–H and O–H groups in total. The number of nitrogens with one attached hydrogen (secondary N) is 3. The summed E-state index contributed by atoms with van der Waals surface area (Å²) in [6.45, 7) is 7.74. The number of piperidine rings is 3. The number of rotatable bonds is 12. The molecule has 0 radical (unpaired) electrons. The fraction of sp³-hybridized carbons (Fsp3) is 0.457. The van der Waals surface area contributed by atoms with E-state index in [1.165, 1.54) is 31.5 Å². The van der Waals surface area contributed by atoms with Gasteiger partial charge in [0.15, 0.2) is 0 Å². The smallest absolute Gasteiger partial charge is 0.327 e. The quantitative estimate of drug-likeness (QED) is 0.133. The van der Waals surface area contributed by atoms with Gasteiger partial charge in [-0.15, -0.1) is 0 Å². The van der Waals surface area contributed by atoms with E-state index < -0.39 is 6.03 Å². The molecule has 2 aromatic heterocycles. The first kappa shape index (κ1) is 45.7. The SMILES string of the molecule is COc1cc(OC)c(Cl)c(NC(=O)N(C)c2cc(Nc3ccc(N4CCN(C(=O)C5CCN(CC6CCN(c7cncc(C8CCC(=O)NC8=O)c7)CC6)CC5)CC4)cc3)ncn2)c1Cl. The van der Waals surface area contributed by atoms with Crippen LogP contribution in [0.1, 0.15) is 50.0 Å². The van der Waals surface area contributed by atoms with Gasteiger partial charge in [0.2, 0.25) is 17.7 Å². The van der Waals surface area contributed by atoms with Crippen LogP contribution in [0.25, 0.3) is 0 Å². The maximum absolute atomic E-state index is 13.7. The molecule has 4 saturated heterocycles. The molecule has 65 heavy (non-hydrogen) atoms. The molecule has 17 nitrogen and oxygen atoms in total. The Kier molecular flexibility index (Phi) is 14.4. The van der Waals surface area contributed by atoms with Crippen molar-refractivity contribution in [3.8, 4) is 11.5 Å². The lowest BCUT2D eigenvalue weighted by Gasteiger charge is -2.40. The summed E-state index contributed by atoms with van der Waals surface area (Å²) in [7, 11) is 4.47. The Balaban J connectivity index is 0.755. The molecule has 5 amide bonds. The number of benzene rings is 2. The van der Waals surface area contributed by atoms with E-state index >= 15 is 0 Å². The third-order valence-electron chi connectivity index (χ3n) is 13.0. The van der Waals surface area contributed by atoms with E-state index in [0.717, 1.165) is 94.1 Å². The van der Waals surface area contributed by atoms with Crippen molar-refractivity contribution in [1.82, 2.24) is 30.1 Å². The summed E-state index contributed by atoms with van der Waals surface area (Å²) in [5.74, 6) is 1.59. The largest absolute Gasteiger partial charge is 0.495 e. The van der Waals surface area contributed by atoms with Crippen LogP contribution in [0.4, 0.5) is 39.2 Å². The Morgan fingerprint density at radius 2 is 1.49 bits per heavy atom. The first-order valence-electron chi connectivity index (χ1n) is 22.1. The summed E-state index contributed by atoms with van der Waals surface area (Å²) in [6.07, 6.45) is 9.83. The Labute approximate surface area is 388 Å². The average Bonchev–Trinajstić information content (AvgIpc) is 3.33. The Bertz CT molecular complexity index is 2340. The summed E-state index contributed by atoms with van der Waals surface area (Å²) in [5, 5.41) is 8.73. The van der Waals surface area contributed by atoms with Crippen LogP contribution in [0.5, 0.6) is 11.5 Å². The molecule has 0 spiro atoms. The number of urea groups is 1. The molecule has 1 unspecified atom stereocenters. The van der Waals surface area contributed by atoms with Crippen LogP contribution in [0, 0.1) is 11.8 Å². The lowest BCUT2D eigenvalue weighted by molar-refractivity contribution is -0.137. The standard InChI is InChI=1S/C46H55Cl2N11O6/c1-55(46(63)54-43-41(47)36(64-2)23-37(65-3)42(43)48)39-24-38(50-28-51-39)52-32-4-6-33(7-5-32)58-18-20-59(21-19-58)45(62)30-12-14-56(15-13-30)27-29-10-16-57(17-11-29)34-22-31(25-49-26-34)35-8-9-40(60)53-44(35)61/h4-7,22-26,28-30,35H,8-21,27H2,1-3H3,(H,54,63)(H,50,51,52)(H,53,60,61). The van der Waals surface area contributed by atoms with Gasteiger partial charge in [0, 0.05) is 94.9 Å². The van der Waals surface area contributed by atoms with E-state index in [9.17, 15) is 19.2 Å². The van der Waals surface area contributed by atoms with Crippen molar-refractivity contribution in [3.63, 3.8) is 0 Å². The summed E-state index contributed by atoms with van der Waals surface area (Å²) >= 11 is 12.9. The van der Waals surface area contributed by atoms with Crippen molar-refractivity contribution in [2.45, 2.75) is 44.4 Å². The average molecular weight is 929 g/mol. The fourth-order valence-corrected chi connectivity index (χ4v) is 9.75. The number of aromatic nitrogens is 3. The highest BCUT2D eigenvalue weighted by atomic mass is 35.5. The van der Waals surface area contributed by atoms with Gasteiger partial charge in [-0.3, -0.25) is 29.6 Å². The van der Waals surface area contributed by atoms with E-state index in [4.69, 9.17) is 32.7 Å². The number of imide groups is 1. The van der Waals surface area contributed by atoms with Crippen molar-refractivity contribution in [2.75, 3.05) is 106 Å². The van der Waals surface area contributed by atoms with Crippen LogP contribution in [-0.4, -0.2) is 129 Å². The van der Waals surface area contributed by atoms with Gasteiger partial charge in [-0.25, -0.2) is 14.8 Å². The lowest BCUT2D eigenvalue weighted by atomic mass is 9.90. The van der Waals surface area contributed by atoms with Crippen molar-refractivity contribution in [1.29, 1.82) is 0 Å². The van der Waals surface area contributed by atoms with Crippen molar-refractivity contribution in [3.05, 3.63) is 76.8 Å². The van der Waals surface area contributed by atoms with Gasteiger partial charge >= 0.3 is 6.03 Å². The predicted octanol–water partition coefficient (Wildman–Crippen LogP) is 6.40. The van der Waals surface area contributed by atoms with Gasteiger partial charge in [0.25, 0.3) is 0 Å². The van der Waals surface area contributed by atoms with Gasteiger partial charge < -0.3 is 39.7 Å². The second-order valence-electron chi connectivity index (χ2n) is 17.0. The number of carbonyl (C=O) groups is 4. The van der Waals surface area contributed by atoms with Crippen molar-refractivity contribution < 1.29 is 28.7 Å². The number of pyridine rings is 1. The zero-order valence-electron chi connectivity index (χ0n) is 36.9. The summed E-state index contributed by atoms with van der Waals surface area (Å²) in [6, 6.07) is 12.8. The molecule has 4 aliphatic rings. The minimum atomic E-state index is -0.543. The van der Waals surface area contributed by atoms with Crippen LogP contribution in [0.15, 0.2) is 61.2 Å². The number of amides is 5. The lowest BCUT2D eigenvalue weighted by Crippen LogP contribution is -2.52. The van der Waals surface area contributed by atoms with Gasteiger partial charge in [-0.2, -0.15) is 0 Å². The number of anilines is 6. The Morgan fingerprint density at radius 1 is 0.815 bits per heavy atom. The van der Waals surface area contributed by atoms with Gasteiger partial charge in [-0.05, 0) is 87.0 Å².